The van der Waals surface area contributed by atoms with Gasteiger partial charge in [0.05, 0.1) is 11.0 Å². The maximum Gasteiger partial charge on any atom is 0.238 e. The predicted molar refractivity (Wildman–Crippen MR) is 104 cm³/mol. The molecule has 0 unspecified atom stereocenters. The number of rotatable bonds is 8. The second-order valence-electron chi connectivity index (χ2n) is 6.10. The first-order valence-corrected chi connectivity index (χ1v) is 9.29. The Morgan fingerprint density at radius 2 is 1.96 bits per heavy atom. The van der Waals surface area contributed by atoms with Crippen LogP contribution in [0, 0.1) is 6.92 Å². The van der Waals surface area contributed by atoms with Gasteiger partial charge in [0.2, 0.25) is 11.8 Å². The average Bonchev–Trinajstić information content (AvgIpc) is 3.02. The number of carbonyl (C=O) groups excluding carboxylic acids is 2. The molecule has 0 fully saturated rings. The highest BCUT2D eigenvalue weighted by molar-refractivity contribution is 8.01. The second kappa shape index (κ2) is 9.28. The fraction of sp³-hybridized carbons (Fsp3) is 0.389. The molecule has 0 aliphatic heterocycles. The van der Waals surface area contributed by atoms with Gasteiger partial charge < -0.3 is 20.1 Å². The largest absolute Gasteiger partial charge is 0.378 e. The van der Waals surface area contributed by atoms with Gasteiger partial charge in [0.15, 0.2) is 5.82 Å². The van der Waals surface area contributed by atoms with Crippen LogP contribution in [0.2, 0.25) is 0 Å². The lowest BCUT2D eigenvalue weighted by atomic mass is 10.2. The van der Waals surface area contributed by atoms with Crippen molar-refractivity contribution in [2.24, 2.45) is 0 Å². The number of nitrogens with one attached hydrogen (secondary N) is 2. The van der Waals surface area contributed by atoms with Crippen LogP contribution in [-0.2, 0) is 16.1 Å². The summed E-state index contributed by atoms with van der Waals surface area (Å²) in [6, 6.07) is 9.63. The standard InChI is InChI=1S/C18H24N4O3S/c1-12-9-16(21-25-12)20-18(24)13(2)26-11-17(23)19-10-14-5-7-15(8-6-14)22(3)4/h5-9,13H,10-11H2,1-4H3,(H,19,23)(H,20,21,24)/t13-/m0/s1. The van der Waals surface area contributed by atoms with Crippen LogP contribution in [0.1, 0.15) is 18.2 Å². The van der Waals surface area contributed by atoms with Crippen molar-refractivity contribution >= 4 is 35.1 Å². The molecule has 1 heterocycles. The number of hydrogen-bond acceptors (Lipinski definition) is 6. The molecule has 0 saturated heterocycles. The smallest absolute Gasteiger partial charge is 0.238 e. The van der Waals surface area contributed by atoms with E-state index in [0.717, 1.165) is 11.3 Å². The first-order valence-electron chi connectivity index (χ1n) is 8.24. The van der Waals surface area contributed by atoms with Crippen LogP contribution >= 0.6 is 11.8 Å². The zero-order chi connectivity index (χ0) is 19.1. The molecule has 0 saturated carbocycles. The van der Waals surface area contributed by atoms with E-state index in [0.29, 0.717) is 18.1 Å². The minimum Gasteiger partial charge on any atom is -0.378 e. The number of thioether (sulfide) groups is 1. The van der Waals surface area contributed by atoms with Crippen molar-refractivity contribution in [2.75, 3.05) is 30.1 Å². The van der Waals surface area contributed by atoms with Crippen LogP contribution < -0.4 is 15.5 Å². The molecule has 0 aliphatic rings. The Morgan fingerprint density at radius 1 is 1.27 bits per heavy atom. The highest BCUT2D eigenvalue weighted by Gasteiger charge is 2.16. The van der Waals surface area contributed by atoms with E-state index < -0.39 is 0 Å². The highest BCUT2D eigenvalue weighted by Crippen LogP contribution is 2.15. The minimum absolute atomic E-state index is 0.108. The number of aromatic nitrogens is 1. The molecule has 2 rings (SSSR count). The van der Waals surface area contributed by atoms with E-state index in [9.17, 15) is 9.59 Å². The molecule has 140 valence electrons. The van der Waals surface area contributed by atoms with Crippen molar-refractivity contribution in [3.05, 3.63) is 41.7 Å². The van der Waals surface area contributed by atoms with Crippen LogP contribution in [0.25, 0.3) is 0 Å². The molecule has 1 aromatic carbocycles. The van der Waals surface area contributed by atoms with Gasteiger partial charge in [-0.05, 0) is 31.5 Å². The van der Waals surface area contributed by atoms with Crippen LogP contribution in [-0.4, -0.2) is 42.1 Å². The Morgan fingerprint density at radius 3 is 2.54 bits per heavy atom. The molecule has 1 atom stereocenters. The summed E-state index contributed by atoms with van der Waals surface area (Å²) in [5, 5.41) is 8.86. The Labute approximate surface area is 157 Å². The molecule has 7 nitrogen and oxygen atoms in total. The maximum atomic E-state index is 12.1. The Bertz CT molecular complexity index is 743. The lowest BCUT2D eigenvalue weighted by Gasteiger charge is -2.13. The quantitative estimate of drug-likeness (QED) is 0.736. The van der Waals surface area contributed by atoms with Crippen molar-refractivity contribution in [1.29, 1.82) is 0 Å². The molecular formula is C18H24N4O3S. The first kappa shape index (κ1) is 19.8. The lowest BCUT2D eigenvalue weighted by molar-refractivity contribution is -0.118. The third kappa shape index (κ3) is 6.11. The number of benzene rings is 1. The topological polar surface area (TPSA) is 87.5 Å². The third-order valence-electron chi connectivity index (χ3n) is 3.66. The number of nitrogens with zero attached hydrogens (tertiary/aromatic N) is 2. The second-order valence-corrected chi connectivity index (χ2v) is 7.43. The van der Waals surface area contributed by atoms with E-state index >= 15 is 0 Å². The van der Waals surface area contributed by atoms with Gasteiger partial charge in [0.1, 0.15) is 5.76 Å². The van der Waals surface area contributed by atoms with Gasteiger partial charge in [-0.25, -0.2) is 0 Å². The summed E-state index contributed by atoms with van der Waals surface area (Å²) in [7, 11) is 3.96. The lowest BCUT2D eigenvalue weighted by Crippen LogP contribution is -2.28. The Hall–Kier alpha value is -2.48. The van der Waals surface area contributed by atoms with Gasteiger partial charge in [0.25, 0.3) is 0 Å². The van der Waals surface area contributed by atoms with Gasteiger partial charge in [-0.15, -0.1) is 11.8 Å². The summed E-state index contributed by atoms with van der Waals surface area (Å²) in [5.41, 5.74) is 2.14. The third-order valence-corrected chi connectivity index (χ3v) is 4.80. The van der Waals surface area contributed by atoms with Crippen molar-refractivity contribution in [2.45, 2.75) is 25.6 Å². The van der Waals surface area contributed by atoms with Gasteiger partial charge in [0, 0.05) is 32.4 Å². The summed E-state index contributed by atoms with van der Waals surface area (Å²) >= 11 is 1.27. The van der Waals surface area contributed by atoms with Crippen LogP contribution in [0.5, 0.6) is 0 Å². The molecule has 0 bridgehead atoms. The molecule has 0 spiro atoms. The van der Waals surface area contributed by atoms with Crippen molar-refractivity contribution in [3.8, 4) is 0 Å². The number of amides is 2. The first-order chi connectivity index (χ1) is 12.3. The maximum absolute atomic E-state index is 12.1. The Kier molecular flexibility index (Phi) is 7.08. The van der Waals surface area contributed by atoms with Gasteiger partial charge in [-0.2, -0.15) is 0 Å². The van der Waals surface area contributed by atoms with E-state index in [1.807, 2.05) is 43.3 Å². The van der Waals surface area contributed by atoms with Crippen molar-refractivity contribution < 1.29 is 14.1 Å². The molecule has 0 radical (unpaired) electrons. The molecule has 2 N–H and O–H groups in total. The van der Waals surface area contributed by atoms with Gasteiger partial charge in [-0.3, -0.25) is 9.59 Å². The fourth-order valence-electron chi connectivity index (χ4n) is 2.09. The summed E-state index contributed by atoms with van der Waals surface area (Å²) in [5.74, 6) is 0.894. The monoisotopic (exact) mass is 376 g/mol. The highest BCUT2D eigenvalue weighted by atomic mass is 32.2. The molecule has 8 heteroatoms. The van der Waals surface area contributed by atoms with Crippen molar-refractivity contribution in [1.82, 2.24) is 10.5 Å². The van der Waals surface area contributed by atoms with Gasteiger partial charge >= 0.3 is 0 Å². The molecule has 2 aromatic rings. The summed E-state index contributed by atoms with van der Waals surface area (Å²) < 4.78 is 4.90. The number of aryl methyl sites for hydroxylation is 1. The Balaban J connectivity index is 1.71. The van der Waals surface area contributed by atoms with Gasteiger partial charge in [-0.1, -0.05) is 17.3 Å². The molecule has 2 amide bonds. The van der Waals surface area contributed by atoms with E-state index in [1.165, 1.54) is 11.8 Å². The van der Waals surface area contributed by atoms with E-state index in [2.05, 4.69) is 15.8 Å². The average molecular weight is 376 g/mol. The molecule has 1 aromatic heterocycles. The summed E-state index contributed by atoms with van der Waals surface area (Å²) in [6.07, 6.45) is 0. The van der Waals surface area contributed by atoms with Crippen LogP contribution in [0.4, 0.5) is 11.5 Å². The minimum atomic E-state index is -0.378. The van der Waals surface area contributed by atoms with E-state index in [4.69, 9.17) is 4.52 Å². The summed E-state index contributed by atoms with van der Waals surface area (Å²) in [6.45, 7) is 3.96. The molecule has 0 aliphatic carbocycles. The van der Waals surface area contributed by atoms with E-state index in [-0.39, 0.29) is 22.8 Å². The normalized spacial score (nSPS) is 11.7. The SMILES string of the molecule is Cc1cc(NC(=O)[C@H](C)SCC(=O)NCc2ccc(N(C)C)cc2)no1. The zero-order valence-electron chi connectivity index (χ0n) is 15.4. The van der Waals surface area contributed by atoms with Crippen molar-refractivity contribution in [3.63, 3.8) is 0 Å². The predicted octanol–water partition coefficient (Wildman–Crippen LogP) is 2.43. The molecule has 26 heavy (non-hydrogen) atoms. The zero-order valence-corrected chi connectivity index (χ0v) is 16.2. The summed E-state index contributed by atoms with van der Waals surface area (Å²) in [4.78, 5) is 26.1. The number of hydrogen-bond donors (Lipinski definition) is 2. The number of anilines is 2. The van der Waals surface area contributed by atoms with Crippen LogP contribution in [0.3, 0.4) is 0 Å². The van der Waals surface area contributed by atoms with E-state index in [1.54, 1.807) is 19.9 Å². The number of carbonyl (C=O) groups is 2. The molecular weight excluding hydrogens is 352 g/mol. The van der Waals surface area contributed by atoms with Crippen LogP contribution in [0.15, 0.2) is 34.9 Å². The fourth-order valence-corrected chi connectivity index (χ4v) is 2.81.